The molecule has 5 nitrogen and oxygen atoms in total. The second-order valence-electron chi connectivity index (χ2n) is 7.82. The van der Waals surface area contributed by atoms with Crippen molar-refractivity contribution in [2.75, 3.05) is 13.4 Å². The number of H-pyrrole nitrogens is 1. The molecule has 0 spiro atoms. The van der Waals surface area contributed by atoms with Gasteiger partial charge in [0.25, 0.3) is 0 Å². The van der Waals surface area contributed by atoms with E-state index in [4.69, 9.17) is 4.74 Å². The molecule has 0 atom stereocenters. The molecule has 3 aromatic rings. The monoisotopic (exact) mass is 410 g/mol. The lowest BCUT2D eigenvalue weighted by Gasteiger charge is -2.11. The fourth-order valence-electron chi connectivity index (χ4n) is 4.03. The second-order valence-corrected chi connectivity index (χ2v) is 9.83. The molecule has 0 saturated heterocycles. The maximum absolute atomic E-state index is 11.8. The van der Waals surface area contributed by atoms with Gasteiger partial charge in [0.2, 0.25) is 0 Å². The van der Waals surface area contributed by atoms with Crippen LogP contribution in [0.25, 0.3) is 16.6 Å². The summed E-state index contributed by atoms with van der Waals surface area (Å²) in [5.74, 6) is 0.544. The number of nitrogens with one attached hydrogen (secondary N) is 1. The maximum Gasteiger partial charge on any atom is 0.175 e. The summed E-state index contributed by atoms with van der Waals surface area (Å²) in [5, 5.41) is 1.04. The van der Waals surface area contributed by atoms with Crippen molar-refractivity contribution in [3.63, 3.8) is 0 Å². The van der Waals surface area contributed by atoms with Crippen LogP contribution in [0.5, 0.6) is 0 Å². The molecule has 6 heteroatoms. The van der Waals surface area contributed by atoms with Crippen LogP contribution in [0, 0.1) is 5.92 Å². The Morgan fingerprint density at radius 2 is 1.93 bits per heavy atom. The Hall–Kier alpha value is -2.44. The van der Waals surface area contributed by atoms with Crippen LogP contribution in [0.3, 0.4) is 0 Å². The number of fused-ring (bicyclic) bond motifs is 1. The van der Waals surface area contributed by atoms with Crippen LogP contribution >= 0.6 is 0 Å². The SMILES string of the molecule is COCc1cnc2[nH]c(C(=CC3CCCC3)c3ccc(S(C)(=O)=O)cc3)cc2c1. The van der Waals surface area contributed by atoms with Crippen molar-refractivity contribution in [3.8, 4) is 0 Å². The number of nitrogens with zero attached hydrogens (tertiary/aromatic N) is 1. The van der Waals surface area contributed by atoms with E-state index in [1.54, 1.807) is 19.2 Å². The Morgan fingerprint density at radius 3 is 2.59 bits per heavy atom. The van der Waals surface area contributed by atoms with Crippen molar-refractivity contribution in [1.29, 1.82) is 0 Å². The van der Waals surface area contributed by atoms with Crippen molar-refractivity contribution < 1.29 is 13.2 Å². The molecule has 0 unspecified atom stereocenters. The van der Waals surface area contributed by atoms with Crippen LogP contribution in [0.4, 0.5) is 0 Å². The number of pyridine rings is 1. The Balaban J connectivity index is 1.77. The number of aromatic amines is 1. The predicted octanol–water partition coefficient (Wildman–Crippen LogP) is 4.73. The molecule has 1 N–H and O–H groups in total. The quantitative estimate of drug-likeness (QED) is 0.637. The van der Waals surface area contributed by atoms with Gasteiger partial charge in [-0.25, -0.2) is 13.4 Å². The summed E-state index contributed by atoms with van der Waals surface area (Å²) in [4.78, 5) is 8.31. The maximum atomic E-state index is 11.8. The summed E-state index contributed by atoms with van der Waals surface area (Å²) in [6.45, 7) is 0.529. The van der Waals surface area contributed by atoms with Crippen molar-refractivity contribution in [3.05, 3.63) is 65.5 Å². The zero-order valence-corrected chi connectivity index (χ0v) is 17.6. The molecule has 1 aliphatic carbocycles. The lowest BCUT2D eigenvalue weighted by Crippen LogP contribution is -1.98. The van der Waals surface area contributed by atoms with E-state index in [2.05, 4.69) is 28.2 Å². The number of aromatic nitrogens is 2. The van der Waals surface area contributed by atoms with Gasteiger partial charge >= 0.3 is 0 Å². The molecule has 1 aliphatic rings. The van der Waals surface area contributed by atoms with Gasteiger partial charge in [-0.3, -0.25) is 0 Å². The average Bonchev–Trinajstić information content (AvgIpc) is 3.35. The molecular formula is C23H26N2O3S. The van der Waals surface area contributed by atoms with E-state index < -0.39 is 9.84 Å². The molecular weight excluding hydrogens is 384 g/mol. The topological polar surface area (TPSA) is 72.0 Å². The van der Waals surface area contributed by atoms with Crippen molar-refractivity contribution in [2.24, 2.45) is 5.92 Å². The third kappa shape index (κ3) is 4.43. The van der Waals surface area contributed by atoms with E-state index in [9.17, 15) is 8.42 Å². The normalized spacial score (nSPS) is 16.0. The zero-order valence-electron chi connectivity index (χ0n) is 16.8. The number of hydrogen-bond donors (Lipinski definition) is 1. The van der Waals surface area contributed by atoms with Gasteiger partial charge in [0.15, 0.2) is 9.84 Å². The summed E-state index contributed by atoms with van der Waals surface area (Å²) in [7, 11) is -1.54. The second kappa shape index (κ2) is 8.13. The van der Waals surface area contributed by atoms with Crippen molar-refractivity contribution in [2.45, 2.75) is 37.2 Å². The Kier molecular flexibility index (Phi) is 5.56. The molecule has 0 aliphatic heterocycles. The number of methoxy groups -OCH3 is 1. The van der Waals surface area contributed by atoms with E-state index in [-0.39, 0.29) is 0 Å². The standard InChI is InChI=1S/C23H26N2O3S/c1-28-15-17-11-19-13-22(25-23(19)24-14-17)21(12-16-5-3-4-6-16)18-7-9-20(10-8-18)29(2,26)27/h7-14,16H,3-6,15H2,1-2H3,(H,24,25). The molecule has 0 bridgehead atoms. The molecule has 0 radical (unpaired) electrons. The summed E-state index contributed by atoms with van der Waals surface area (Å²) < 4.78 is 28.9. The van der Waals surface area contributed by atoms with Gasteiger partial charge < -0.3 is 9.72 Å². The van der Waals surface area contributed by atoms with Crippen molar-refractivity contribution in [1.82, 2.24) is 9.97 Å². The number of benzene rings is 1. The third-order valence-corrected chi connectivity index (χ3v) is 6.65. The van der Waals surface area contributed by atoms with Crippen LogP contribution in [0.15, 0.2) is 53.6 Å². The highest BCUT2D eigenvalue weighted by Gasteiger charge is 2.17. The van der Waals surface area contributed by atoms with Gasteiger partial charge in [0.1, 0.15) is 5.65 Å². The van der Waals surface area contributed by atoms with Crippen LogP contribution in [-0.4, -0.2) is 31.8 Å². The zero-order chi connectivity index (χ0) is 20.4. The Bertz CT molecular complexity index is 1140. The van der Waals surface area contributed by atoms with Gasteiger partial charge in [-0.2, -0.15) is 0 Å². The van der Waals surface area contributed by atoms with Gasteiger partial charge in [-0.15, -0.1) is 0 Å². The summed E-state index contributed by atoms with van der Waals surface area (Å²) >= 11 is 0. The van der Waals surface area contributed by atoms with Gasteiger partial charge in [-0.1, -0.05) is 31.1 Å². The van der Waals surface area contributed by atoms with Crippen LogP contribution < -0.4 is 0 Å². The summed E-state index contributed by atoms with van der Waals surface area (Å²) in [6, 6.07) is 11.4. The first-order chi connectivity index (χ1) is 13.9. The third-order valence-electron chi connectivity index (χ3n) is 5.52. The first-order valence-electron chi connectivity index (χ1n) is 9.93. The van der Waals surface area contributed by atoms with E-state index in [0.29, 0.717) is 17.4 Å². The smallest absolute Gasteiger partial charge is 0.175 e. The largest absolute Gasteiger partial charge is 0.380 e. The molecule has 2 heterocycles. The highest BCUT2D eigenvalue weighted by atomic mass is 32.2. The lowest BCUT2D eigenvalue weighted by atomic mass is 9.96. The van der Waals surface area contributed by atoms with E-state index in [0.717, 1.165) is 33.4 Å². The molecule has 1 fully saturated rings. The number of sulfone groups is 1. The van der Waals surface area contributed by atoms with E-state index in [1.807, 2.05) is 18.3 Å². The molecule has 2 aromatic heterocycles. The van der Waals surface area contributed by atoms with Crippen LogP contribution in [-0.2, 0) is 21.2 Å². The van der Waals surface area contributed by atoms with Crippen molar-refractivity contribution >= 4 is 26.4 Å². The highest BCUT2D eigenvalue weighted by molar-refractivity contribution is 7.90. The van der Waals surface area contributed by atoms with Crippen LogP contribution in [0.2, 0.25) is 0 Å². The average molecular weight is 411 g/mol. The molecule has 1 saturated carbocycles. The van der Waals surface area contributed by atoms with Gasteiger partial charge in [0, 0.05) is 36.2 Å². The molecule has 4 rings (SSSR count). The molecule has 0 amide bonds. The number of allylic oxidation sites excluding steroid dienone is 1. The van der Waals surface area contributed by atoms with Gasteiger partial charge in [-0.05, 0) is 54.2 Å². The van der Waals surface area contributed by atoms with E-state index >= 15 is 0 Å². The van der Waals surface area contributed by atoms with E-state index in [1.165, 1.54) is 31.9 Å². The molecule has 29 heavy (non-hydrogen) atoms. The molecule has 152 valence electrons. The Morgan fingerprint density at radius 1 is 1.21 bits per heavy atom. The lowest BCUT2D eigenvalue weighted by molar-refractivity contribution is 0.184. The fourth-order valence-corrected chi connectivity index (χ4v) is 4.67. The number of ether oxygens (including phenoxy) is 1. The minimum absolute atomic E-state index is 0.337. The number of rotatable bonds is 6. The highest BCUT2D eigenvalue weighted by Crippen LogP contribution is 2.33. The minimum atomic E-state index is -3.21. The van der Waals surface area contributed by atoms with Crippen LogP contribution in [0.1, 0.15) is 42.5 Å². The summed E-state index contributed by atoms with van der Waals surface area (Å²) in [5.41, 5.74) is 4.98. The predicted molar refractivity (Wildman–Crippen MR) is 115 cm³/mol. The fraction of sp³-hybridized carbons (Fsp3) is 0.348. The Labute approximate surface area is 171 Å². The number of hydrogen-bond acceptors (Lipinski definition) is 4. The minimum Gasteiger partial charge on any atom is -0.380 e. The van der Waals surface area contributed by atoms with Gasteiger partial charge in [0.05, 0.1) is 11.5 Å². The molecule has 1 aromatic carbocycles. The first-order valence-corrected chi connectivity index (χ1v) is 11.8. The summed E-state index contributed by atoms with van der Waals surface area (Å²) in [6.07, 6.45) is 10.3. The first kappa shape index (κ1) is 19.9.